The number of esters is 1. The molecule has 2 atom stereocenters. The van der Waals surface area contributed by atoms with E-state index in [9.17, 15) is 14.4 Å². The second-order valence-corrected chi connectivity index (χ2v) is 6.77. The molecule has 1 rings (SSSR count). The fourth-order valence-electron chi connectivity index (χ4n) is 2.33. The fraction of sp³-hybridized carbons (Fsp3) is 0.812. The highest BCUT2D eigenvalue weighted by Gasteiger charge is 2.28. The molecule has 0 spiro atoms. The van der Waals surface area contributed by atoms with Gasteiger partial charge in [0.15, 0.2) is 0 Å². The van der Waals surface area contributed by atoms with Gasteiger partial charge < -0.3 is 25.4 Å². The number of hydrogen-bond acceptors (Lipinski definition) is 6. The number of nitrogens with one attached hydrogen (secondary N) is 3. The summed E-state index contributed by atoms with van der Waals surface area (Å²) in [5.41, 5.74) is -0.695. The first kappa shape index (κ1) is 20.2. The third-order valence-electron chi connectivity index (χ3n) is 3.31. The predicted octanol–water partition coefficient (Wildman–Crippen LogP) is 0.701. The third kappa shape index (κ3) is 8.14. The number of rotatable bonds is 6. The van der Waals surface area contributed by atoms with E-state index < -0.39 is 23.7 Å². The minimum absolute atomic E-state index is 0.0376. The second-order valence-electron chi connectivity index (χ2n) is 6.77. The van der Waals surface area contributed by atoms with E-state index in [0.717, 1.165) is 19.4 Å². The standard InChI is InChI=1S/C16H29N3O5/c1-5-23-14(21)12(19-15(22)24-16(2,3)4)9-13(20)18-11-7-6-8-17-10-11/h11-12,17H,5-10H2,1-4H3,(H,18,20)(H,19,22). The van der Waals surface area contributed by atoms with Gasteiger partial charge in [0, 0.05) is 12.6 Å². The van der Waals surface area contributed by atoms with Crippen LogP contribution in [0, 0.1) is 0 Å². The van der Waals surface area contributed by atoms with Crippen molar-refractivity contribution < 1.29 is 23.9 Å². The molecular weight excluding hydrogens is 314 g/mol. The first-order valence-corrected chi connectivity index (χ1v) is 8.37. The van der Waals surface area contributed by atoms with Crippen molar-refractivity contribution in [3.8, 4) is 0 Å². The molecule has 0 bridgehead atoms. The van der Waals surface area contributed by atoms with E-state index >= 15 is 0 Å². The molecule has 24 heavy (non-hydrogen) atoms. The average Bonchev–Trinajstić information content (AvgIpc) is 2.45. The Balaban J connectivity index is 2.58. The Morgan fingerprint density at radius 3 is 2.54 bits per heavy atom. The van der Waals surface area contributed by atoms with Gasteiger partial charge in [0.25, 0.3) is 0 Å². The van der Waals surface area contributed by atoms with Crippen LogP contribution < -0.4 is 16.0 Å². The lowest BCUT2D eigenvalue weighted by atomic mass is 10.1. The summed E-state index contributed by atoms with van der Waals surface area (Å²) in [5, 5.41) is 8.48. The SMILES string of the molecule is CCOC(=O)C(CC(=O)NC1CCCNC1)NC(=O)OC(C)(C)C. The van der Waals surface area contributed by atoms with Crippen LogP contribution in [-0.2, 0) is 19.1 Å². The zero-order valence-corrected chi connectivity index (χ0v) is 14.9. The lowest BCUT2D eigenvalue weighted by Crippen LogP contribution is -2.50. The van der Waals surface area contributed by atoms with Crippen LogP contribution in [0.25, 0.3) is 0 Å². The van der Waals surface area contributed by atoms with Crippen molar-refractivity contribution in [2.24, 2.45) is 0 Å². The van der Waals surface area contributed by atoms with E-state index in [4.69, 9.17) is 9.47 Å². The minimum atomic E-state index is -1.07. The van der Waals surface area contributed by atoms with Gasteiger partial charge in [-0.15, -0.1) is 0 Å². The topological polar surface area (TPSA) is 106 Å². The Kier molecular flexibility index (Phi) is 7.97. The van der Waals surface area contributed by atoms with E-state index in [0.29, 0.717) is 6.54 Å². The number of hydrogen-bond donors (Lipinski definition) is 3. The van der Waals surface area contributed by atoms with E-state index in [2.05, 4.69) is 16.0 Å². The van der Waals surface area contributed by atoms with Crippen LogP contribution in [0.3, 0.4) is 0 Å². The second kappa shape index (κ2) is 9.46. The van der Waals surface area contributed by atoms with Crippen molar-refractivity contribution >= 4 is 18.0 Å². The number of piperidine rings is 1. The first-order chi connectivity index (χ1) is 11.2. The van der Waals surface area contributed by atoms with Gasteiger partial charge in [0.2, 0.25) is 5.91 Å². The van der Waals surface area contributed by atoms with Gasteiger partial charge in [-0.3, -0.25) is 4.79 Å². The summed E-state index contributed by atoms with van der Waals surface area (Å²) < 4.78 is 10.1. The molecule has 1 fully saturated rings. The summed E-state index contributed by atoms with van der Waals surface area (Å²) in [6.07, 6.45) is 0.937. The molecule has 8 heteroatoms. The molecule has 1 saturated heterocycles. The molecular formula is C16H29N3O5. The summed E-state index contributed by atoms with van der Waals surface area (Å²) in [6.45, 7) is 8.63. The summed E-state index contributed by atoms with van der Waals surface area (Å²) >= 11 is 0. The number of amides is 2. The zero-order chi connectivity index (χ0) is 18.2. The molecule has 8 nitrogen and oxygen atoms in total. The minimum Gasteiger partial charge on any atom is -0.464 e. The van der Waals surface area contributed by atoms with E-state index in [-0.39, 0.29) is 25.0 Å². The van der Waals surface area contributed by atoms with Crippen molar-refractivity contribution in [2.45, 2.75) is 64.6 Å². The number of carbonyl (C=O) groups excluding carboxylic acids is 3. The Morgan fingerprint density at radius 2 is 2.00 bits per heavy atom. The van der Waals surface area contributed by atoms with E-state index in [1.54, 1.807) is 27.7 Å². The summed E-state index contributed by atoms with van der Waals surface area (Å²) in [6, 6.07) is -1.04. The van der Waals surface area contributed by atoms with Crippen molar-refractivity contribution in [3.63, 3.8) is 0 Å². The molecule has 3 N–H and O–H groups in total. The monoisotopic (exact) mass is 343 g/mol. The summed E-state index contributed by atoms with van der Waals surface area (Å²) in [4.78, 5) is 36.0. The quantitative estimate of drug-likeness (QED) is 0.613. The molecule has 1 aliphatic heterocycles. The Morgan fingerprint density at radius 1 is 1.29 bits per heavy atom. The number of carbonyl (C=O) groups is 3. The van der Waals surface area contributed by atoms with Crippen LogP contribution >= 0.6 is 0 Å². The normalized spacial score (nSPS) is 19.1. The maximum Gasteiger partial charge on any atom is 0.408 e. The smallest absolute Gasteiger partial charge is 0.408 e. The zero-order valence-electron chi connectivity index (χ0n) is 14.9. The molecule has 1 heterocycles. The van der Waals surface area contributed by atoms with Crippen LogP contribution in [0.5, 0.6) is 0 Å². The van der Waals surface area contributed by atoms with Crippen LogP contribution in [0.1, 0.15) is 47.0 Å². The first-order valence-electron chi connectivity index (χ1n) is 8.37. The molecule has 138 valence electrons. The van der Waals surface area contributed by atoms with E-state index in [1.807, 2.05) is 0 Å². The molecule has 0 aromatic carbocycles. The third-order valence-corrected chi connectivity index (χ3v) is 3.31. The van der Waals surface area contributed by atoms with Crippen molar-refractivity contribution in [3.05, 3.63) is 0 Å². The predicted molar refractivity (Wildman–Crippen MR) is 88.4 cm³/mol. The fourth-order valence-corrected chi connectivity index (χ4v) is 2.33. The molecule has 0 radical (unpaired) electrons. The highest BCUT2D eigenvalue weighted by atomic mass is 16.6. The van der Waals surface area contributed by atoms with Crippen LogP contribution in [0.4, 0.5) is 4.79 Å². The highest BCUT2D eigenvalue weighted by Crippen LogP contribution is 2.08. The lowest BCUT2D eigenvalue weighted by Gasteiger charge is -2.25. The summed E-state index contributed by atoms with van der Waals surface area (Å²) in [7, 11) is 0. The van der Waals surface area contributed by atoms with Crippen LogP contribution in [0.15, 0.2) is 0 Å². The Labute approximate surface area is 143 Å². The number of ether oxygens (including phenoxy) is 2. The van der Waals surface area contributed by atoms with Crippen LogP contribution in [0.2, 0.25) is 0 Å². The van der Waals surface area contributed by atoms with Gasteiger partial charge in [0.1, 0.15) is 11.6 Å². The van der Waals surface area contributed by atoms with Gasteiger partial charge in [-0.2, -0.15) is 0 Å². The average molecular weight is 343 g/mol. The van der Waals surface area contributed by atoms with Gasteiger partial charge in [-0.05, 0) is 47.1 Å². The van der Waals surface area contributed by atoms with Gasteiger partial charge >= 0.3 is 12.1 Å². The van der Waals surface area contributed by atoms with Crippen molar-refractivity contribution in [1.82, 2.24) is 16.0 Å². The largest absolute Gasteiger partial charge is 0.464 e. The molecule has 0 saturated carbocycles. The molecule has 2 unspecified atom stereocenters. The van der Waals surface area contributed by atoms with Crippen molar-refractivity contribution in [2.75, 3.05) is 19.7 Å². The molecule has 1 aliphatic rings. The van der Waals surface area contributed by atoms with Crippen molar-refractivity contribution in [1.29, 1.82) is 0 Å². The van der Waals surface area contributed by atoms with E-state index in [1.165, 1.54) is 0 Å². The van der Waals surface area contributed by atoms with Gasteiger partial charge in [0.05, 0.1) is 13.0 Å². The molecule has 0 aliphatic carbocycles. The highest BCUT2D eigenvalue weighted by molar-refractivity contribution is 5.88. The summed E-state index contributed by atoms with van der Waals surface area (Å²) in [5.74, 6) is -0.960. The van der Waals surface area contributed by atoms with Crippen LogP contribution in [-0.4, -0.2) is 55.4 Å². The maximum atomic E-state index is 12.2. The maximum absolute atomic E-state index is 12.2. The molecule has 2 amide bonds. The van der Waals surface area contributed by atoms with Gasteiger partial charge in [-0.25, -0.2) is 9.59 Å². The number of alkyl carbamates (subject to hydrolysis) is 1. The Hall–Kier alpha value is -1.83. The Bertz CT molecular complexity index is 441. The molecule has 0 aromatic rings. The lowest BCUT2D eigenvalue weighted by molar-refractivity contribution is -0.147. The molecule has 0 aromatic heterocycles. The van der Waals surface area contributed by atoms with Gasteiger partial charge in [-0.1, -0.05) is 0 Å².